The van der Waals surface area contributed by atoms with Crippen LogP contribution in [-0.2, 0) is 0 Å². The van der Waals surface area contributed by atoms with E-state index in [1.807, 2.05) is 17.5 Å². The van der Waals surface area contributed by atoms with E-state index in [9.17, 15) is 0 Å². The van der Waals surface area contributed by atoms with Crippen LogP contribution in [0.3, 0.4) is 0 Å². The van der Waals surface area contributed by atoms with Gasteiger partial charge in [0.1, 0.15) is 0 Å². The highest BCUT2D eigenvalue weighted by atomic mass is 127. The molecule has 0 bridgehead atoms. The number of thiophene rings is 1. The van der Waals surface area contributed by atoms with Crippen molar-refractivity contribution in [2.45, 2.75) is 4.90 Å². The molecule has 0 fully saturated rings. The number of rotatable bonds is 0. The summed E-state index contributed by atoms with van der Waals surface area (Å²) in [5.41, 5.74) is 0. The number of halogens is 2. The van der Waals surface area contributed by atoms with E-state index in [1.165, 1.54) is 8.27 Å². The molecule has 0 N–H and O–H groups in total. The van der Waals surface area contributed by atoms with E-state index in [-0.39, 0.29) is 0 Å². The van der Waals surface area contributed by atoms with Crippen LogP contribution in [0.5, 0.6) is 0 Å². The maximum Gasteiger partial charge on any atom is 0.0602 e. The topological polar surface area (TPSA) is 0 Å². The molecule has 1 aromatic carbocycles. The molecule has 2 aromatic rings. The Labute approximate surface area is 98.5 Å². The van der Waals surface area contributed by atoms with Crippen molar-refractivity contribution in [3.05, 3.63) is 26.1 Å². The molecule has 0 atom stereocenters. The highest BCUT2D eigenvalue weighted by molar-refractivity contribution is 14.1. The molecule has 0 nitrogen and oxygen atoms in total. The average Bonchev–Trinajstić information content (AvgIpc) is 2.31. The molecule has 0 saturated carbocycles. The largest absolute Gasteiger partial charge is 0.143 e. The predicted molar refractivity (Wildman–Crippen MR) is 66.8 cm³/mol. The third-order valence-corrected chi connectivity index (χ3v) is 4.03. The molecule has 4 heteroatoms. The number of benzene rings is 1. The first kappa shape index (κ1) is 9.12. The molecule has 1 heterocycles. The quantitative estimate of drug-likeness (QED) is 0.537. The van der Waals surface area contributed by atoms with Crippen molar-refractivity contribution < 1.29 is 0 Å². The average molecular weight is 327 g/mol. The van der Waals surface area contributed by atoms with Crippen LogP contribution in [0.15, 0.2) is 22.4 Å². The van der Waals surface area contributed by atoms with Crippen molar-refractivity contribution in [3.63, 3.8) is 0 Å². The Morgan fingerprint density at radius 3 is 2.92 bits per heavy atom. The molecule has 12 heavy (non-hydrogen) atoms. The molecule has 0 aliphatic carbocycles. The molecule has 0 unspecified atom stereocenters. The predicted octanol–water partition coefficient (Wildman–Crippen LogP) is 4.45. The fourth-order valence-electron chi connectivity index (χ4n) is 1.07. The lowest BCUT2D eigenvalue weighted by Crippen LogP contribution is -1.73. The smallest absolute Gasteiger partial charge is 0.0602 e. The zero-order chi connectivity index (χ0) is 8.72. The molecule has 0 amide bonds. The van der Waals surface area contributed by atoms with Crippen molar-refractivity contribution in [2.24, 2.45) is 0 Å². The number of hydrogen-bond donors (Lipinski definition) is 1. The minimum Gasteiger partial charge on any atom is -0.143 e. The Morgan fingerprint density at radius 2 is 2.17 bits per heavy atom. The second-order valence-electron chi connectivity index (χ2n) is 2.38. The second kappa shape index (κ2) is 3.36. The molecule has 0 saturated heterocycles. The molecule has 0 aliphatic heterocycles. The summed E-state index contributed by atoms with van der Waals surface area (Å²) in [5.74, 6) is 0. The Hall–Kier alpha value is 0.550. The fraction of sp³-hybridized carbons (Fsp3) is 0. The van der Waals surface area contributed by atoms with E-state index in [2.05, 4.69) is 35.2 Å². The lowest BCUT2D eigenvalue weighted by molar-refractivity contribution is 1.52. The third-order valence-electron chi connectivity index (χ3n) is 1.57. The van der Waals surface area contributed by atoms with E-state index in [4.69, 9.17) is 11.6 Å². The van der Waals surface area contributed by atoms with Gasteiger partial charge in [0.2, 0.25) is 0 Å². The maximum atomic E-state index is 6.01. The van der Waals surface area contributed by atoms with E-state index in [1.54, 1.807) is 11.3 Å². The van der Waals surface area contributed by atoms with Gasteiger partial charge in [-0.15, -0.1) is 24.0 Å². The highest BCUT2D eigenvalue weighted by Crippen LogP contribution is 2.35. The minimum absolute atomic E-state index is 0.840. The molecular weight excluding hydrogens is 323 g/mol. The molecule has 0 aliphatic rings. The Morgan fingerprint density at radius 1 is 1.42 bits per heavy atom. The highest BCUT2D eigenvalue weighted by Gasteiger charge is 2.05. The van der Waals surface area contributed by atoms with Crippen LogP contribution in [0.25, 0.3) is 10.1 Å². The first-order chi connectivity index (χ1) is 5.68. The molecule has 1 aromatic heterocycles. The minimum atomic E-state index is 0.840. The normalized spacial score (nSPS) is 10.9. The van der Waals surface area contributed by atoms with Gasteiger partial charge in [-0.1, -0.05) is 11.6 Å². The van der Waals surface area contributed by atoms with Crippen LogP contribution in [0.4, 0.5) is 0 Å². The van der Waals surface area contributed by atoms with Crippen molar-refractivity contribution in [3.8, 4) is 0 Å². The molecular formula is C8H4ClIS2. The van der Waals surface area contributed by atoms with Gasteiger partial charge in [-0.2, -0.15) is 0 Å². The SMILES string of the molecule is Sc1cc(I)c2c(Cl)csc2c1. The van der Waals surface area contributed by atoms with Gasteiger partial charge in [0.15, 0.2) is 0 Å². The fourth-order valence-corrected chi connectivity index (χ4v) is 4.19. The van der Waals surface area contributed by atoms with Gasteiger partial charge in [-0.25, -0.2) is 0 Å². The Balaban J connectivity index is 2.93. The van der Waals surface area contributed by atoms with Gasteiger partial charge in [0.25, 0.3) is 0 Å². The lowest BCUT2D eigenvalue weighted by atomic mass is 10.3. The Bertz CT molecular complexity index is 436. The number of fused-ring (bicyclic) bond motifs is 1. The van der Waals surface area contributed by atoms with Crippen LogP contribution in [0, 0.1) is 3.57 Å². The molecule has 62 valence electrons. The van der Waals surface area contributed by atoms with Crippen LogP contribution in [0.2, 0.25) is 5.02 Å². The lowest BCUT2D eigenvalue weighted by Gasteiger charge is -1.96. The van der Waals surface area contributed by atoms with Crippen molar-refractivity contribution in [1.82, 2.24) is 0 Å². The van der Waals surface area contributed by atoms with Crippen LogP contribution < -0.4 is 0 Å². The summed E-state index contributed by atoms with van der Waals surface area (Å²) in [6, 6.07) is 4.06. The molecule has 0 radical (unpaired) electrons. The number of thiol groups is 1. The number of hydrogen-bond acceptors (Lipinski definition) is 2. The van der Waals surface area contributed by atoms with Crippen molar-refractivity contribution >= 4 is 68.2 Å². The maximum absolute atomic E-state index is 6.01. The van der Waals surface area contributed by atoms with Gasteiger partial charge in [0.05, 0.1) is 5.02 Å². The van der Waals surface area contributed by atoms with Crippen LogP contribution in [-0.4, -0.2) is 0 Å². The monoisotopic (exact) mass is 326 g/mol. The van der Waals surface area contributed by atoms with Gasteiger partial charge in [-0.3, -0.25) is 0 Å². The summed E-state index contributed by atoms with van der Waals surface area (Å²) in [5, 5.41) is 3.95. The van der Waals surface area contributed by atoms with Gasteiger partial charge >= 0.3 is 0 Å². The van der Waals surface area contributed by atoms with Crippen molar-refractivity contribution in [2.75, 3.05) is 0 Å². The van der Waals surface area contributed by atoms with Crippen molar-refractivity contribution in [1.29, 1.82) is 0 Å². The zero-order valence-corrected chi connectivity index (χ0v) is 10.5. The summed E-state index contributed by atoms with van der Waals surface area (Å²) in [7, 11) is 0. The Kier molecular flexibility index (Phi) is 2.56. The standard InChI is InChI=1S/C8H4ClIS2/c9-5-3-12-7-2-4(11)1-6(10)8(5)7/h1-3,11H. The van der Waals surface area contributed by atoms with Gasteiger partial charge in [-0.05, 0) is 34.7 Å². The van der Waals surface area contributed by atoms with Crippen LogP contribution >= 0.6 is 58.2 Å². The summed E-state index contributed by atoms with van der Waals surface area (Å²) in [6.07, 6.45) is 0. The summed E-state index contributed by atoms with van der Waals surface area (Å²) < 4.78 is 2.37. The van der Waals surface area contributed by atoms with Gasteiger partial charge < -0.3 is 0 Å². The third kappa shape index (κ3) is 1.47. The van der Waals surface area contributed by atoms with Crippen LogP contribution in [0.1, 0.15) is 0 Å². The molecule has 0 spiro atoms. The second-order valence-corrected chi connectivity index (χ2v) is 5.38. The zero-order valence-electron chi connectivity index (χ0n) is 5.84. The first-order valence-corrected chi connectivity index (χ1v) is 6.02. The van der Waals surface area contributed by atoms with E-state index in [0.717, 1.165) is 15.3 Å². The van der Waals surface area contributed by atoms with E-state index < -0.39 is 0 Å². The van der Waals surface area contributed by atoms with Gasteiger partial charge in [0, 0.05) is 23.9 Å². The summed E-state index contributed by atoms with van der Waals surface area (Å²) in [6.45, 7) is 0. The summed E-state index contributed by atoms with van der Waals surface area (Å²) in [4.78, 5) is 0.991. The summed E-state index contributed by atoms with van der Waals surface area (Å²) >= 11 is 14.2. The van der Waals surface area contributed by atoms with E-state index >= 15 is 0 Å². The first-order valence-electron chi connectivity index (χ1n) is 3.23. The van der Waals surface area contributed by atoms with E-state index in [0.29, 0.717) is 0 Å². The molecule has 2 rings (SSSR count).